The summed E-state index contributed by atoms with van der Waals surface area (Å²) in [5, 5.41) is 1.93. The molecular formula is C19H18ClF3N2O3. The molecule has 150 valence electrons. The Balaban J connectivity index is 1.53. The van der Waals surface area contributed by atoms with Crippen LogP contribution in [0.3, 0.4) is 0 Å². The molecule has 0 radical (unpaired) electrons. The number of nitrogens with zero attached hydrogens (tertiary/aromatic N) is 1. The summed E-state index contributed by atoms with van der Waals surface area (Å²) in [4.78, 5) is 37.9. The Morgan fingerprint density at radius 2 is 1.75 bits per heavy atom. The van der Waals surface area contributed by atoms with Crippen LogP contribution in [0.25, 0.3) is 0 Å². The van der Waals surface area contributed by atoms with Gasteiger partial charge in [0.1, 0.15) is 0 Å². The van der Waals surface area contributed by atoms with Crippen LogP contribution in [0.15, 0.2) is 30.4 Å². The van der Waals surface area contributed by atoms with Gasteiger partial charge in [-0.05, 0) is 37.5 Å². The number of carbonyl (C=O) groups is 3. The smallest absolute Gasteiger partial charge is 0.326 e. The number of allylic oxidation sites excluding steroid dienone is 2. The summed E-state index contributed by atoms with van der Waals surface area (Å²) in [5.41, 5.74) is -1.05. The lowest BCUT2D eigenvalue weighted by atomic mass is 9.85. The van der Waals surface area contributed by atoms with Gasteiger partial charge in [-0.15, -0.1) is 0 Å². The van der Waals surface area contributed by atoms with E-state index in [1.165, 1.54) is 11.0 Å². The molecule has 1 saturated heterocycles. The maximum absolute atomic E-state index is 12.9. The van der Waals surface area contributed by atoms with Crippen molar-refractivity contribution in [3.63, 3.8) is 0 Å². The number of alkyl halides is 3. The van der Waals surface area contributed by atoms with Gasteiger partial charge in [-0.3, -0.25) is 19.3 Å². The molecule has 2 atom stereocenters. The van der Waals surface area contributed by atoms with Crippen LogP contribution in [0.2, 0.25) is 5.02 Å². The third kappa shape index (κ3) is 4.22. The first-order chi connectivity index (χ1) is 13.2. The summed E-state index contributed by atoms with van der Waals surface area (Å²) in [6, 6.07) is 3.11. The minimum absolute atomic E-state index is 0.0212. The van der Waals surface area contributed by atoms with Crippen LogP contribution in [0, 0.1) is 11.8 Å². The summed E-state index contributed by atoms with van der Waals surface area (Å²) >= 11 is 5.55. The van der Waals surface area contributed by atoms with Crippen molar-refractivity contribution in [3.05, 3.63) is 40.9 Å². The van der Waals surface area contributed by atoms with Gasteiger partial charge >= 0.3 is 6.18 Å². The van der Waals surface area contributed by atoms with Crippen molar-refractivity contribution >= 4 is 35.0 Å². The highest BCUT2D eigenvalue weighted by Gasteiger charge is 2.46. The number of anilines is 1. The zero-order valence-electron chi connectivity index (χ0n) is 14.8. The van der Waals surface area contributed by atoms with Crippen molar-refractivity contribution in [1.29, 1.82) is 0 Å². The molecule has 0 saturated carbocycles. The number of rotatable bonds is 5. The molecule has 0 spiro atoms. The largest absolute Gasteiger partial charge is 0.417 e. The van der Waals surface area contributed by atoms with Crippen molar-refractivity contribution in [3.8, 4) is 0 Å². The Kier molecular flexibility index (Phi) is 5.79. The van der Waals surface area contributed by atoms with E-state index >= 15 is 0 Å². The molecule has 2 aliphatic rings. The van der Waals surface area contributed by atoms with E-state index in [1.807, 2.05) is 12.2 Å². The van der Waals surface area contributed by atoms with E-state index in [2.05, 4.69) is 5.32 Å². The quantitative estimate of drug-likeness (QED) is 0.584. The molecule has 0 unspecified atom stereocenters. The van der Waals surface area contributed by atoms with Gasteiger partial charge in [-0.25, -0.2) is 0 Å². The molecule has 5 nitrogen and oxygen atoms in total. The van der Waals surface area contributed by atoms with E-state index in [0.29, 0.717) is 12.8 Å². The number of amides is 3. The number of imide groups is 1. The van der Waals surface area contributed by atoms with Crippen LogP contribution >= 0.6 is 11.6 Å². The highest BCUT2D eigenvalue weighted by Crippen LogP contribution is 2.36. The number of halogens is 4. The predicted molar refractivity (Wildman–Crippen MR) is 96.4 cm³/mol. The zero-order valence-corrected chi connectivity index (χ0v) is 15.5. The number of likely N-dealkylation sites (tertiary alicyclic amines) is 1. The second-order valence-corrected chi connectivity index (χ2v) is 7.24. The number of benzene rings is 1. The lowest BCUT2D eigenvalue weighted by molar-refractivity contribution is -0.140. The minimum atomic E-state index is -4.63. The molecule has 28 heavy (non-hydrogen) atoms. The molecule has 3 amide bonds. The first-order valence-electron chi connectivity index (χ1n) is 8.85. The molecule has 0 aromatic heterocycles. The molecule has 1 heterocycles. The molecule has 1 aliphatic carbocycles. The predicted octanol–water partition coefficient (Wildman–Crippen LogP) is 4.03. The Bertz CT molecular complexity index is 812. The second-order valence-electron chi connectivity index (χ2n) is 6.83. The summed E-state index contributed by atoms with van der Waals surface area (Å²) < 4.78 is 38.6. The number of hydrogen-bond donors (Lipinski definition) is 1. The van der Waals surface area contributed by atoms with Crippen molar-refractivity contribution in [2.45, 2.75) is 31.9 Å². The number of carbonyl (C=O) groups excluding carboxylic acids is 3. The van der Waals surface area contributed by atoms with Crippen LogP contribution in [0.5, 0.6) is 0 Å². The van der Waals surface area contributed by atoms with E-state index in [9.17, 15) is 27.6 Å². The third-order valence-corrected chi connectivity index (χ3v) is 5.27. The van der Waals surface area contributed by atoms with Crippen molar-refractivity contribution in [2.75, 3.05) is 11.9 Å². The van der Waals surface area contributed by atoms with Crippen LogP contribution < -0.4 is 5.32 Å². The van der Waals surface area contributed by atoms with E-state index in [4.69, 9.17) is 11.6 Å². The van der Waals surface area contributed by atoms with Gasteiger partial charge in [0.2, 0.25) is 17.7 Å². The molecule has 1 aromatic rings. The molecule has 0 bridgehead atoms. The number of nitrogens with one attached hydrogen (secondary N) is 1. The summed E-state index contributed by atoms with van der Waals surface area (Å²) in [5.74, 6) is -1.57. The Hall–Kier alpha value is -2.35. The lowest BCUT2D eigenvalue weighted by Crippen LogP contribution is -2.32. The third-order valence-electron chi connectivity index (χ3n) is 4.94. The molecule has 1 aliphatic heterocycles. The second kappa shape index (κ2) is 7.95. The van der Waals surface area contributed by atoms with Gasteiger partial charge in [0.05, 0.1) is 22.4 Å². The first kappa shape index (κ1) is 20.4. The molecule has 1 N–H and O–H groups in total. The lowest BCUT2D eigenvalue weighted by Gasteiger charge is -2.15. The van der Waals surface area contributed by atoms with Gasteiger partial charge in [-0.1, -0.05) is 23.8 Å². The van der Waals surface area contributed by atoms with E-state index in [-0.39, 0.29) is 48.7 Å². The normalized spacial score (nSPS) is 21.8. The highest BCUT2D eigenvalue weighted by molar-refractivity contribution is 6.31. The van der Waals surface area contributed by atoms with Crippen molar-refractivity contribution in [1.82, 2.24) is 4.90 Å². The summed E-state index contributed by atoms with van der Waals surface area (Å²) in [6.07, 6.45) is 0.453. The van der Waals surface area contributed by atoms with Gasteiger partial charge in [-0.2, -0.15) is 13.2 Å². The van der Waals surface area contributed by atoms with Gasteiger partial charge in [0.15, 0.2) is 0 Å². The van der Waals surface area contributed by atoms with Gasteiger partial charge in [0, 0.05) is 18.7 Å². The maximum Gasteiger partial charge on any atom is 0.417 e. The number of hydrogen-bond acceptors (Lipinski definition) is 3. The van der Waals surface area contributed by atoms with E-state index in [1.54, 1.807) is 0 Å². The SMILES string of the molecule is O=C(CCCN1C(=O)[C@H]2CC=CC[C@@H]2C1=O)Nc1ccc(Cl)c(C(F)(F)F)c1. The standard InChI is InChI=1S/C19H18ClF3N2O3/c20-15-8-7-11(10-14(15)19(21,22)23)24-16(26)6-3-9-25-17(27)12-4-1-2-5-13(12)18(25)28/h1-2,7-8,10,12-13H,3-6,9H2,(H,24,26)/t12-,13-/m0/s1. The van der Waals surface area contributed by atoms with Crippen molar-refractivity contribution < 1.29 is 27.6 Å². The molecule has 9 heteroatoms. The fourth-order valence-corrected chi connectivity index (χ4v) is 3.76. The van der Waals surface area contributed by atoms with Crippen LogP contribution in [-0.2, 0) is 20.6 Å². The van der Waals surface area contributed by atoms with E-state index < -0.39 is 22.7 Å². The topological polar surface area (TPSA) is 66.5 Å². The molecule has 1 fully saturated rings. The molecular weight excluding hydrogens is 397 g/mol. The fourth-order valence-electron chi connectivity index (χ4n) is 3.53. The van der Waals surface area contributed by atoms with Crippen LogP contribution in [0.1, 0.15) is 31.2 Å². The van der Waals surface area contributed by atoms with Gasteiger partial charge in [0.25, 0.3) is 0 Å². The summed E-state index contributed by atoms with van der Waals surface area (Å²) in [7, 11) is 0. The Labute approximate surface area is 164 Å². The molecule has 3 rings (SSSR count). The maximum atomic E-state index is 12.9. The van der Waals surface area contributed by atoms with E-state index in [0.717, 1.165) is 12.1 Å². The summed E-state index contributed by atoms with van der Waals surface area (Å²) in [6.45, 7) is 0.118. The Morgan fingerprint density at radius 1 is 1.14 bits per heavy atom. The first-order valence-corrected chi connectivity index (χ1v) is 9.23. The van der Waals surface area contributed by atoms with Crippen LogP contribution in [-0.4, -0.2) is 29.2 Å². The Morgan fingerprint density at radius 3 is 2.32 bits per heavy atom. The average Bonchev–Trinajstić information content (AvgIpc) is 2.87. The highest BCUT2D eigenvalue weighted by atomic mass is 35.5. The zero-order chi connectivity index (χ0) is 20.5. The fraction of sp³-hybridized carbons (Fsp3) is 0.421. The molecule has 1 aromatic carbocycles. The monoisotopic (exact) mass is 414 g/mol. The van der Waals surface area contributed by atoms with Gasteiger partial charge < -0.3 is 5.32 Å². The minimum Gasteiger partial charge on any atom is -0.326 e. The number of fused-ring (bicyclic) bond motifs is 1. The van der Waals surface area contributed by atoms with Crippen LogP contribution in [0.4, 0.5) is 18.9 Å². The average molecular weight is 415 g/mol. The van der Waals surface area contributed by atoms with Crippen molar-refractivity contribution in [2.24, 2.45) is 11.8 Å².